The van der Waals surface area contributed by atoms with Gasteiger partial charge in [0.2, 0.25) is 0 Å². The molecule has 0 fully saturated rings. The molecular formula is C20H28N2O2. The van der Waals surface area contributed by atoms with Crippen molar-refractivity contribution in [3.8, 4) is 5.75 Å². The van der Waals surface area contributed by atoms with Gasteiger partial charge in [-0.1, -0.05) is 48.5 Å². The van der Waals surface area contributed by atoms with Crippen LogP contribution in [-0.4, -0.2) is 49.4 Å². The lowest BCUT2D eigenvalue weighted by Gasteiger charge is -2.19. The second kappa shape index (κ2) is 10.8. The van der Waals surface area contributed by atoms with Crippen LogP contribution in [0.4, 0.5) is 0 Å². The molecular weight excluding hydrogens is 300 g/mol. The topological polar surface area (TPSA) is 44.7 Å². The standard InChI is InChI=1S/C20H28N2O2/c1-22(15-13-21-16-18-8-4-2-5-9-18)14-12-19(23)17-24-20-10-6-3-7-11-20/h2-11,19,21,23H,12-17H2,1H3. The van der Waals surface area contributed by atoms with Crippen molar-refractivity contribution in [3.63, 3.8) is 0 Å². The third kappa shape index (κ3) is 7.59. The van der Waals surface area contributed by atoms with Gasteiger partial charge < -0.3 is 20.1 Å². The largest absolute Gasteiger partial charge is 0.491 e. The summed E-state index contributed by atoms with van der Waals surface area (Å²) in [6.07, 6.45) is 0.270. The Labute approximate surface area is 145 Å². The van der Waals surface area contributed by atoms with Crippen molar-refractivity contribution in [2.75, 3.05) is 33.3 Å². The summed E-state index contributed by atoms with van der Waals surface area (Å²) < 4.78 is 5.57. The number of para-hydroxylation sites is 1. The molecule has 0 aliphatic heterocycles. The molecule has 0 aromatic heterocycles. The van der Waals surface area contributed by atoms with Gasteiger partial charge in [0.05, 0.1) is 6.10 Å². The highest BCUT2D eigenvalue weighted by atomic mass is 16.5. The average Bonchev–Trinajstić information content (AvgIpc) is 2.63. The second-order valence-electron chi connectivity index (χ2n) is 6.03. The maximum absolute atomic E-state index is 10.0. The zero-order valence-electron chi connectivity index (χ0n) is 14.4. The summed E-state index contributed by atoms with van der Waals surface area (Å²) in [7, 11) is 2.08. The normalized spacial score (nSPS) is 12.3. The molecule has 0 saturated heterocycles. The van der Waals surface area contributed by atoms with Gasteiger partial charge in [0, 0.05) is 26.2 Å². The molecule has 2 aromatic carbocycles. The molecule has 0 amide bonds. The van der Waals surface area contributed by atoms with Gasteiger partial charge in [0.15, 0.2) is 0 Å². The first-order valence-electron chi connectivity index (χ1n) is 8.53. The number of rotatable bonds is 11. The highest BCUT2D eigenvalue weighted by Gasteiger charge is 2.07. The quantitative estimate of drug-likeness (QED) is 0.622. The van der Waals surface area contributed by atoms with Crippen molar-refractivity contribution in [2.45, 2.75) is 19.1 Å². The predicted octanol–water partition coefficient (Wildman–Crippen LogP) is 2.54. The van der Waals surface area contributed by atoms with Gasteiger partial charge in [0.25, 0.3) is 0 Å². The van der Waals surface area contributed by atoms with E-state index in [0.29, 0.717) is 13.0 Å². The monoisotopic (exact) mass is 328 g/mol. The highest BCUT2D eigenvalue weighted by Crippen LogP contribution is 2.09. The Morgan fingerprint density at radius 1 is 1.00 bits per heavy atom. The lowest BCUT2D eigenvalue weighted by Crippen LogP contribution is -2.32. The van der Waals surface area contributed by atoms with Crippen LogP contribution in [0.1, 0.15) is 12.0 Å². The summed E-state index contributed by atoms with van der Waals surface area (Å²) in [6, 6.07) is 20.0. The Kier molecular flexibility index (Phi) is 8.32. The number of hydrogen-bond donors (Lipinski definition) is 2. The van der Waals surface area contributed by atoms with E-state index >= 15 is 0 Å². The minimum Gasteiger partial charge on any atom is -0.491 e. The first-order valence-corrected chi connectivity index (χ1v) is 8.53. The minimum atomic E-state index is -0.440. The minimum absolute atomic E-state index is 0.337. The Balaban J connectivity index is 1.51. The molecule has 4 heteroatoms. The zero-order chi connectivity index (χ0) is 17.0. The van der Waals surface area contributed by atoms with Gasteiger partial charge in [-0.3, -0.25) is 0 Å². The third-order valence-electron chi connectivity index (χ3n) is 3.87. The van der Waals surface area contributed by atoms with Crippen molar-refractivity contribution in [1.29, 1.82) is 0 Å². The number of ether oxygens (including phenoxy) is 1. The Bertz CT molecular complexity index is 548. The smallest absolute Gasteiger partial charge is 0.119 e. The molecule has 0 radical (unpaired) electrons. The van der Waals surface area contributed by atoms with E-state index < -0.39 is 6.10 Å². The lowest BCUT2D eigenvalue weighted by molar-refractivity contribution is 0.0907. The molecule has 4 nitrogen and oxygen atoms in total. The van der Waals surface area contributed by atoms with Crippen LogP contribution >= 0.6 is 0 Å². The van der Waals surface area contributed by atoms with Gasteiger partial charge in [0.1, 0.15) is 12.4 Å². The molecule has 1 unspecified atom stereocenters. The Hall–Kier alpha value is -1.88. The zero-order valence-corrected chi connectivity index (χ0v) is 14.4. The number of likely N-dealkylation sites (N-methyl/N-ethyl adjacent to an activating group) is 1. The van der Waals surface area contributed by atoms with Crippen LogP contribution in [0.2, 0.25) is 0 Å². The van der Waals surface area contributed by atoms with E-state index in [4.69, 9.17) is 4.74 Å². The first kappa shape index (κ1) is 18.5. The van der Waals surface area contributed by atoms with E-state index in [1.54, 1.807) is 0 Å². The highest BCUT2D eigenvalue weighted by molar-refractivity contribution is 5.20. The van der Waals surface area contributed by atoms with E-state index in [2.05, 4.69) is 41.5 Å². The number of aliphatic hydroxyl groups is 1. The maximum atomic E-state index is 10.0. The van der Waals surface area contributed by atoms with E-state index in [1.165, 1.54) is 5.56 Å². The molecule has 0 bridgehead atoms. The fraction of sp³-hybridized carbons (Fsp3) is 0.400. The summed E-state index contributed by atoms with van der Waals surface area (Å²) >= 11 is 0. The van der Waals surface area contributed by atoms with Crippen LogP contribution in [-0.2, 0) is 6.54 Å². The first-order chi connectivity index (χ1) is 11.7. The fourth-order valence-electron chi connectivity index (χ4n) is 2.37. The number of aliphatic hydroxyl groups excluding tert-OH is 1. The fourth-order valence-corrected chi connectivity index (χ4v) is 2.37. The van der Waals surface area contributed by atoms with Crippen molar-refractivity contribution >= 4 is 0 Å². The molecule has 2 N–H and O–H groups in total. The van der Waals surface area contributed by atoms with Gasteiger partial charge in [-0.05, 0) is 31.2 Å². The molecule has 0 saturated carbocycles. The molecule has 2 aromatic rings. The summed E-state index contributed by atoms with van der Waals surface area (Å²) in [5.74, 6) is 0.801. The summed E-state index contributed by atoms with van der Waals surface area (Å²) in [4.78, 5) is 2.23. The van der Waals surface area contributed by atoms with Crippen LogP contribution in [0.3, 0.4) is 0 Å². The van der Waals surface area contributed by atoms with E-state index in [9.17, 15) is 5.11 Å². The number of hydrogen-bond acceptors (Lipinski definition) is 4. The molecule has 0 heterocycles. The molecule has 24 heavy (non-hydrogen) atoms. The van der Waals surface area contributed by atoms with Crippen LogP contribution in [0, 0.1) is 0 Å². The van der Waals surface area contributed by atoms with Crippen molar-refractivity contribution < 1.29 is 9.84 Å². The van der Waals surface area contributed by atoms with Crippen LogP contribution in [0.15, 0.2) is 60.7 Å². The summed E-state index contributed by atoms with van der Waals surface area (Å²) in [5, 5.41) is 13.5. The third-order valence-corrected chi connectivity index (χ3v) is 3.87. The SMILES string of the molecule is CN(CCNCc1ccccc1)CCC(O)COc1ccccc1. The van der Waals surface area contributed by atoms with Gasteiger partial charge in [-0.15, -0.1) is 0 Å². The number of nitrogens with one attached hydrogen (secondary N) is 1. The molecule has 2 rings (SSSR count). The molecule has 0 aliphatic carbocycles. The lowest BCUT2D eigenvalue weighted by atomic mass is 10.2. The summed E-state index contributed by atoms with van der Waals surface area (Å²) in [5.41, 5.74) is 1.30. The predicted molar refractivity (Wildman–Crippen MR) is 98.2 cm³/mol. The van der Waals surface area contributed by atoms with Crippen molar-refractivity contribution in [2.24, 2.45) is 0 Å². The van der Waals surface area contributed by atoms with Crippen LogP contribution in [0.25, 0.3) is 0 Å². The Morgan fingerprint density at radius 2 is 1.67 bits per heavy atom. The second-order valence-corrected chi connectivity index (χ2v) is 6.03. The van der Waals surface area contributed by atoms with E-state index in [0.717, 1.165) is 31.9 Å². The van der Waals surface area contributed by atoms with E-state index in [1.807, 2.05) is 36.4 Å². The Morgan fingerprint density at radius 3 is 2.38 bits per heavy atom. The molecule has 0 aliphatic rings. The maximum Gasteiger partial charge on any atom is 0.119 e. The van der Waals surface area contributed by atoms with E-state index in [-0.39, 0.29) is 0 Å². The van der Waals surface area contributed by atoms with Gasteiger partial charge in [-0.25, -0.2) is 0 Å². The summed E-state index contributed by atoms with van der Waals surface area (Å²) in [6.45, 7) is 3.97. The molecule has 0 spiro atoms. The van der Waals surface area contributed by atoms with Crippen LogP contribution in [0.5, 0.6) is 5.75 Å². The molecule has 1 atom stereocenters. The van der Waals surface area contributed by atoms with Crippen LogP contribution < -0.4 is 10.1 Å². The van der Waals surface area contributed by atoms with Crippen molar-refractivity contribution in [1.82, 2.24) is 10.2 Å². The molecule has 130 valence electrons. The number of benzene rings is 2. The number of nitrogens with zero attached hydrogens (tertiary/aromatic N) is 1. The average molecular weight is 328 g/mol. The van der Waals surface area contributed by atoms with Gasteiger partial charge >= 0.3 is 0 Å². The van der Waals surface area contributed by atoms with Crippen molar-refractivity contribution in [3.05, 3.63) is 66.2 Å². The van der Waals surface area contributed by atoms with Gasteiger partial charge in [-0.2, -0.15) is 0 Å².